The Labute approximate surface area is 388 Å². The van der Waals surface area contributed by atoms with Crippen molar-refractivity contribution in [3.8, 4) is 44.5 Å². The summed E-state index contributed by atoms with van der Waals surface area (Å²) in [5.41, 5.74) is 23.8. The van der Waals surface area contributed by atoms with Crippen LogP contribution in [-0.4, -0.2) is 6.85 Å². The lowest BCUT2D eigenvalue weighted by molar-refractivity contribution is 1.23. The summed E-state index contributed by atoms with van der Waals surface area (Å²) in [6.45, 7) is 4.32. The molecule has 2 aliphatic heterocycles. The van der Waals surface area contributed by atoms with Gasteiger partial charge in [0.15, 0.2) is 0 Å². The second kappa shape index (κ2) is 16.3. The Kier molecular flexibility index (Phi) is 9.72. The fourth-order valence-corrected chi connectivity index (χ4v) is 10.4. The van der Waals surface area contributed by atoms with Crippen LogP contribution in [0.25, 0.3) is 44.5 Å². The zero-order chi connectivity index (χ0) is 44.1. The normalized spacial score (nSPS) is 12.3. The second-order valence-electron chi connectivity index (χ2n) is 17.4. The summed E-state index contributed by atoms with van der Waals surface area (Å²) in [5, 5.41) is 0. The van der Waals surface area contributed by atoms with E-state index in [2.05, 4.69) is 271 Å². The third-order valence-corrected chi connectivity index (χ3v) is 13.5. The number of aryl methyl sites for hydroxylation is 2. The summed E-state index contributed by atoms with van der Waals surface area (Å²) in [6.07, 6.45) is 0. The summed E-state index contributed by atoms with van der Waals surface area (Å²) in [5.74, 6) is 0. The fraction of sp³-hybridized carbons (Fsp3) is 0.0323. The standard InChI is InChI=1S/C62H46BN3/c1-43-20-15-16-31-54(43)49-40-56-55-32-17-18-33-59(55)66(53-30-19-25-47(39-53)45-21-7-3-8-22-45)63-57-42-52(64(50-26-11-5-12-27-50)51-28-13-6-14-29-51)35-37-60(57)65(61(41-49)62(56)63)58-36-34-48(38-44(58)2)46-23-9-4-10-24-46/h3-42H,1-2H3. The molecule has 0 saturated heterocycles. The fourth-order valence-electron chi connectivity index (χ4n) is 10.4. The number of para-hydroxylation sites is 3. The molecule has 0 unspecified atom stereocenters. The van der Waals surface area contributed by atoms with E-state index >= 15 is 0 Å². The number of nitrogens with zero attached hydrogens (tertiary/aromatic N) is 3. The van der Waals surface area contributed by atoms with Gasteiger partial charge < -0.3 is 14.6 Å². The second-order valence-corrected chi connectivity index (χ2v) is 17.4. The van der Waals surface area contributed by atoms with Gasteiger partial charge in [-0.05, 0) is 160 Å². The van der Waals surface area contributed by atoms with E-state index in [-0.39, 0.29) is 6.85 Å². The smallest absolute Gasteiger partial charge is 0.333 e. The third kappa shape index (κ3) is 6.69. The maximum Gasteiger partial charge on any atom is 0.333 e. The molecule has 0 aliphatic carbocycles. The van der Waals surface area contributed by atoms with Crippen molar-refractivity contribution in [2.24, 2.45) is 0 Å². The highest BCUT2D eigenvalue weighted by atomic mass is 15.2. The van der Waals surface area contributed by atoms with Crippen LogP contribution in [0.3, 0.4) is 0 Å². The zero-order valence-electron chi connectivity index (χ0n) is 37.0. The van der Waals surface area contributed by atoms with Gasteiger partial charge in [-0.1, -0.05) is 158 Å². The van der Waals surface area contributed by atoms with E-state index in [0.29, 0.717) is 0 Å². The Morgan fingerprint density at radius 1 is 0.333 bits per heavy atom. The Morgan fingerprint density at radius 2 is 0.909 bits per heavy atom. The molecule has 0 fully saturated rings. The van der Waals surface area contributed by atoms with Crippen LogP contribution >= 0.6 is 0 Å². The van der Waals surface area contributed by atoms with E-state index in [4.69, 9.17) is 0 Å². The molecule has 2 heterocycles. The van der Waals surface area contributed by atoms with Gasteiger partial charge in [0.2, 0.25) is 0 Å². The molecule has 0 bridgehead atoms. The highest BCUT2D eigenvalue weighted by Crippen LogP contribution is 2.50. The first kappa shape index (κ1) is 39.3. The molecule has 4 heteroatoms. The van der Waals surface area contributed by atoms with E-state index in [1.807, 2.05) is 0 Å². The molecule has 312 valence electrons. The van der Waals surface area contributed by atoms with E-state index < -0.39 is 0 Å². The maximum absolute atomic E-state index is 2.61. The number of hydrogen-bond acceptors (Lipinski definition) is 3. The summed E-state index contributed by atoms with van der Waals surface area (Å²) in [4.78, 5) is 7.56. The summed E-state index contributed by atoms with van der Waals surface area (Å²) in [7, 11) is 0. The number of rotatable bonds is 8. The van der Waals surface area contributed by atoms with Gasteiger partial charge in [0.05, 0.1) is 0 Å². The molecule has 12 rings (SSSR count). The Hall–Kier alpha value is -8.34. The Bertz CT molecular complexity index is 3370. The molecule has 0 spiro atoms. The Morgan fingerprint density at radius 3 is 1.58 bits per heavy atom. The lowest BCUT2D eigenvalue weighted by Gasteiger charge is -2.46. The Balaban J connectivity index is 1.17. The van der Waals surface area contributed by atoms with Crippen molar-refractivity contribution < 1.29 is 0 Å². The van der Waals surface area contributed by atoms with E-state index in [1.165, 1.54) is 77.9 Å². The van der Waals surface area contributed by atoms with Crippen LogP contribution < -0.4 is 25.5 Å². The van der Waals surface area contributed by atoms with Crippen molar-refractivity contribution >= 4 is 63.3 Å². The largest absolute Gasteiger partial charge is 0.376 e. The molecule has 0 aromatic heterocycles. The zero-order valence-corrected chi connectivity index (χ0v) is 37.0. The molecule has 10 aromatic carbocycles. The van der Waals surface area contributed by atoms with Crippen molar-refractivity contribution in [2.45, 2.75) is 13.8 Å². The van der Waals surface area contributed by atoms with Crippen molar-refractivity contribution in [3.63, 3.8) is 0 Å². The minimum atomic E-state index is -0.176. The highest BCUT2D eigenvalue weighted by molar-refractivity contribution is 6.93. The van der Waals surface area contributed by atoms with E-state index in [1.54, 1.807) is 0 Å². The summed E-state index contributed by atoms with van der Waals surface area (Å²) >= 11 is 0. The molecule has 0 atom stereocenters. The minimum absolute atomic E-state index is 0.176. The third-order valence-electron chi connectivity index (χ3n) is 13.5. The van der Waals surface area contributed by atoms with Gasteiger partial charge in [0, 0.05) is 51.1 Å². The van der Waals surface area contributed by atoms with Crippen molar-refractivity contribution in [3.05, 3.63) is 254 Å². The van der Waals surface area contributed by atoms with Crippen LogP contribution in [0.15, 0.2) is 243 Å². The van der Waals surface area contributed by atoms with Gasteiger partial charge in [-0.2, -0.15) is 0 Å². The number of hydrogen-bond donors (Lipinski definition) is 0. The van der Waals surface area contributed by atoms with Crippen LogP contribution in [0, 0.1) is 13.8 Å². The molecule has 0 saturated carbocycles. The first-order valence-corrected chi connectivity index (χ1v) is 22.9. The summed E-state index contributed by atoms with van der Waals surface area (Å²) in [6, 6.07) is 89.0. The molecule has 10 aromatic rings. The van der Waals surface area contributed by atoms with Gasteiger partial charge >= 0.3 is 6.85 Å². The van der Waals surface area contributed by atoms with Crippen molar-refractivity contribution in [2.75, 3.05) is 14.6 Å². The molecule has 66 heavy (non-hydrogen) atoms. The predicted molar refractivity (Wildman–Crippen MR) is 281 cm³/mol. The molecule has 0 N–H and O–H groups in total. The van der Waals surface area contributed by atoms with Gasteiger partial charge in [-0.3, -0.25) is 0 Å². The predicted octanol–water partition coefficient (Wildman–Crippen LogP) is 15.5. The lowest BCUT2D eigenvalue weighted by Crippen LogP contribution is -2.61. The van der Waals surface area contributed by atoms with Gasteiger partial charge in [-0.15, -0.1) is 0 Å². The molecule has 0 radical (unpaired) electrons. The summed E-state index contributed by atoms with van der Waals surface area (Å²) < 4.78 is 0. The number of benzene rings is 10. The average Bonchev–Trinajstić information content (AvgIpc) is 3.38. The van der Waals surface area contributed by atoms with Crippen LogP contribution in [0.4, 0.5) is 45.5 Å². The number of anilines is 8. The van der Waals surface area contributed by atoms with E-state index in [9.17, 15) is 0 Å². The molecule has 2 aliphatic rings. The van der Waals surface area contributed by atoms with Crippen LogP contribution in [0.5, 0.6) is 0 Å². The maximum atomic E-state index is 2.61. The topological polar surface area (TPSA) is 9.72 Å². The van der Waals surface area contributed by atoms with Crippen LogP contribution in [0.1, 0.15) is 11.1 Å². The lowest BCUT2D eigenvalue weighted by atomic mass is 9.43. The first-order chi connectivity index (χ1) is 32.6. The van der Waals surface area contributed by atoms with Gasteiger partial charge in [0.25, 0.3) is 0 Å². The van der Waals surface area contributed by atoms with Crippen molar-refractivity contribution in [1.82, 2.24) is 0 Å². The van der Waals surface area contributed by atoms with Crippen LogP contribution in [-0.2, 0) is 0 Å². The van der Waals surface area contributed by atoms with E-state index in [0.717, 1.165) is 34.1 Å². The molecular weight excluding hydrogens is 798 g/mol. The number of fused-ring (bicyclic) bond motifs is 4. The minimum Gasteiger partial charge on any atom is -0.376 e. The first-order valence-electron chi connectivity index (χ1n) is 22.9. The SMILES string of the molecule is Cc1ccccc1-c1cc2c3c(c1)N(c1ccc(-c4ccccc4)cc1C)c1ccc(N(c4ccccc4)c4ccccc4)cc1B3N(c1cccc(-c3ccccc3)c1)c1ccccc1-2. The average molecular weight is 844 g/mol. The highest BCUT2D eigenvalue weighted by Gasteiger charge is 2.46. The van der Waals surface area contributed by atoms with Crippen LogP contribution in [0.2, 0.25) is 0 Å². The van der Waals surface area contributed by atoms with Gasteiger partial charge in [0.1, 0.15) is 0 Å². The monoisotopic (exact) mass is 843 g/mol. The quantitative estimate of drug-likeness (QED) is 0.141. The van der Waals surface area contributed by atoms with Gasteiger partial charge in [-0.25, -0.2) is 0 Å². The van der Waals surface area contributed by atoms with Crippen molar-refractivity contribution in [1.29, 1.82) is 0 Å². The molecular formula is C62H46BN3. The molecule has 3 nitrogen and oxygen atoms in total. The molecule has 0 amide bonds.